The highest BCUT2D eigenvalue weighted by Crippen LogP contribution is 2.14. The van der Waals surface area contributed by atoms with E-state index in [1.54, 1.807) is 6.92 Å². The van der Waals surface area contributed by atoms with Gasteiger partial charge in [-0.1, -0.05) is 6.58 Å². The molecule has 16 heavy (non-hydrogen) atoms. The second-order valence-corrected chi connectivity index (χ2v) is 12.1. The number of carbonyl (C=O) groups is 1. The molecule has 0 aromatic carbocycles. The highest BCUT2D eigenvalue weighted by atomic mass is 28.4. The second-order valence-electron chi connectivity index (χ2n) is 5.07. The first kappa shape index (κ1) is 15.6. The van der Waals surface area contributed by atoms with Crippen LogP contribution in [-0.4, -0.2) is 29.8 Å². The van der Waals surface area contributed by atoms with Crippen LogP contribution in [0.1, 0.15) is 13.3 Å². The summed E-state index contributed by atoms with van der Waals surface area (Å²) in [5, 5.41) is 2.85. The van der Waals surface area contributed by atoms with Crippen LogP contribution in [0.3, 0.4) is 0 Å². The Morgan fingerprint density at radius 2 is 2.00 bits per heavy atom. The molecular formula is C11H25NO2Si2. The highest BCUT2D eigenvalue weighted by molar-refractivity contribution is 6.77. The van der Waals surface area contributed by atoms with Gasteiger partial charge >= 0.3 is 0 Å². The Balaban J connectivity index is 3.73. The van der Waals surface area contributed by atoms with Gasteiger partial charge in [-0.05, 0) is 45.6 Å². The number of amides is 1. The summed E-state index contributed by atoms with van der Waals surface area (Å²) in [4.78, 5) is 11.2. The van der Waals surface area contributed by atoms with Crippen LogP contribution in [0.25, 0.3) is 0 Å². The van der Waals surface area contributed by atoms with Gasteiger partial charge in [0.2, 0.25) is 5.91 Å². The van der Waals surface area contributed by atoms with Crippen molar-refractivity contribution in [2.75, 3.05) is 6.54 Å². The molecule has 0 saturated carbocycles. The summed E-state index contributed by atoms with van der Waals surface area (Å²) >= 11 is 0. The second kappa shape index (κ2) is 7.03. The molecule has 0 heterocycles. The van der Waals surface area contributed by atoms with Crippen molar-refractivity contribution >= 4 is 23.3 Å². The van der Waals surface area contributed by atoms with Crippen LogP contribution in [-0.2, 0) is 8.91 Å². The molecule has 0 saturated heterocycles. The van der Waals surface area contributed by atoms with E-state index in [1.807, 2.05) is 0 Å². The highest BCUT2D eigenvalue weighted by Gasteiger charge is 2.22. The third-order valence-electron chi connectivity index (χ3n) is 2.18. The number of hydrogen-bond donors (Lipinski definition) is 1. The smallest absolute Gasteiger partial charge is 0.246 e. The number of nitrogens with one attached hydrogen (secondary N) is 1. The lowest BCUT2D eigenvalue weighted by Gasteiger charge is -2.25. The Hall–Kier alpha value is -0.396. The first-order valence-electron chi connectivity index (χ1n) is 5.86. The maximum atomic E-state index is 11.2. The molecule has 5 heteroatoms. The lowest BCUT2D eigenvalue weighted by atomic mass is 10.3. The van der Waals surface area contributed by atoms with Crippen molar-refractivity contribution < 1.29 is 8.91 Å². The van der Waals surface area contributed by atoms with Crippen molar-refractivity contribution in [3.63, 3.8) is 0 Å². The molecule has 0 unspecified atom stereocenters. The molecule has 0 aliphatic heterocycles. The minimum absolute atomic E-state index is 0.0429. The summed E-state index contributed by atoms with van der Waals surface area (Å²) in [6.45, 7) is 15.0. The first-order chi connectivity index (χ1) is 7.24. The van der Waals surface area contributed by atoms with Crippen LogP contribution in [0.4, 0.5) is 0 Å². The van der Waals surface area contributed by atoms with Gasteiger partial charge in [0.1, 0.15) is 0 Å². The topological polar surface area (TPSA) is 38.3 Å². The fourth-order valence-electron chi connectivity index (χ4n) is 1.56. The Bertz CT molecular complexity index is 252. The van der Waals surface area contributed by atoms with Gasteiger partial charge in [-0.2, -0.15) is 0 Å². The number of carbonyl (C=O) groups excluding carboxylic acids is 1. The predicted octanol–water partition coefficient (Wildman–Crippen LogP) is 2.27. The molecule has 0 rings (SSSR count). The van der Waals surface area contributed by atoms with E-state index in [0.717, 1.165) is 19.0 Å². The van der Waals surface area contributed by atoms with Crippen LogP contribution in [0, 0.1) is 0 Å². The van der Waals surface area contributed by atoms with Crippen LogP contribution < -0.4 is 5.32 Å². The monoisotopic (exact) mass is 259 g/mol. The zero-order chi connectivity index (χ0) is 12.8. The molecule has 0 atom stereocenters. The van der Waals surface area contributed by atoms with Gasteiger partial charge < -0.3 is 9.43 Å². The molecule has 0 fully saturated rings. The molecule has 1 N–H and O–H groups in total. The standard InChI is InChI=1S/C11H25NO2Si2/c1-10(2)11(13)12-8-7-9-16(5,6)14-15(3)4/h15H,1,7-9H2,2-6H3,(H,12,13). The largest absolute Gasteiger partial charge is 0.458 e. The summed E-state index contributed by atoms with van der Waals surface area (Å²) < 4.78 is 6.04. The van der Waals surface area contributed by atoms with Gasteiger partial charge in [0.25, 0.3) is 0 Å². The molecule has 0 aromatic rings. The fraction of sp³-hybridized carbons (Fsp3) is 0.727. The Kier molecular flexibility index (Phi) is 6.86. The third kappa shape index (κ3) is 7.84. The molecule has 3 nitrogen and oxygen atoms in total. The molecule has 0 spiro atoms. The van der Waals surface area contributed by atoms with E-state index >= 15 is 0 Å². The van der Waals surface area contributed by atoms with Crippen LogP contribution in [0.2, 0.25) is 32.2 Å². The van der Waals surface area contributed by atoms with Gasteiger partial charge in [-0.15, -0.1) is 0 Å². The van der Waals surface area contributed by atoms with Crippen LogP contribution >= 0.6 is 0 Å². The number of hydrogen-bond acceptors (Lipinski definition) is 2. The zero-order valence-corrected chi connectivity index (χ0v) is 13.4. The van der Waals surface area contributed by atoms with E-state index in [0.29, 0.717) is 5.57 Å². The van der Waals surface area contributed by atoms with Crippen LogP contribution in [0.15, 0.2) is 12.2 Å². The Labute approximate surface area is 102 Å². The van der Waals surface area contributed by atoms with Crippen molar-refractivity contribution in [3.05, 3.63) is 12.2 Å². The average Bonchev–Trinajstić information content (AvgIpc) is 2.09. The van der Waals surface area contributed by atoms with Crippen molar-refractivity contribution in [2.24, 2.45) is 0 Å². The first-order valence-corrected chi connectivity index (χ1v) is 11.8. The van der Waals surface area contributed by atoms with E-state index in [-0.39, 0.29) is 5.91 Å². The lowest BCUT2D eigenvalue weighted by molar-refractivity contribution is -0.117. The normalized spacial score (nSPS) is 11.6. The van der Waals surface area contributed by atoms with Gasteiger partial charge in [0.15, 0.2) is 17.4 Å². The molecule has 94 valence electrons. The summed E-state index contributed by atoms with van der Waals surface area (Å²) in [6, 6.07) is 1.11. The molecule has 0 aliphatic carbocycles. The molecular weight excluding hydrogens is 234 g/mol. The minimum Gasteiger partial charge on any atom is -0.458 e. The quantitative estimate of drug-likeness (QED) is 0.433. The number of rotatable bonds is 7. The van der Waals surface area contributed by atoms with E-state index in [9.17, 15) is 4.79 Å². The summed E-state index contributed by atoms with van der Waals surface area (Å²) in [7, 11) is -2.40. The summed E-state index contributed by atoms with van der Waals surface area (Å²) in [6.07, 6.45) is 0.999. The van der Waals surface area contributed by atoms with Crippen molar-refractivity contribution in [1.82, 2.24) is 5.32 Å². The lowest BCUT2D eigenvalue weighted by Crippen LogP contribution is -2.36. The summed E-state index contributed by atoms with van der Waals surface area (Å²) in [5.74, 6) is -0.0429. The van der Waals surface area contributed by atoms with E-state index in [4.69, 9.17) is 4.12 Å². The van der Waals surface area contributed by atoms with E-state index in [2.05, 4.69) is 38.1 Å². The van der Waals surface area contributed by atoms with Crippen molar-refractivity contribution in [2.45, 2.75) is 45.6 Å². The molecule has 0 bridgehead atoms. The maximum Gasteiger partial charge on any atom is 0.246 e. The molecule has 0 radical (unpaired) electrons. The van der Waals surface area contributed by atoms with E-state index in [1.165, 1.54) is 0 Å². The van der Waals surface area contributed by atoms with E-state index < -0.39 is 17.4 Å². The predicted molar refractivity (Wildman–Crippen MR) is 74.7 cm³/mol. The third-order valence-corrected chi connectivity index (χ3v) is 8.18. The van der Waals surface area contributed by atoms with Crippen molar-refractivity contribution in [1.29, 1.82) is 0 Å². The molecule has 1 amide bonds. The van der Waals surface area contributed by atoms with Crippen molar-refractivity contribution in [3.8, 4) is 0 Å². The van der Waals surface area contributed by atoms with Gasteiger partial charge in [0.05, 0.1) is 0 Å². The Morgan fingerprint density at radius 3 is 2.44 bits per heavy atom. The minimum atomic E-state index is -1.48. The zero-order valence-electron chi connectivity index (χ0n) is 11.2. The molecule has 0 aliphatic rings. The van der Waals surface area contributed by atoms with Gasteiger partial charge in [-0.25, -0.2) is 0 Å². The van der Waals surface area contributed by atoms with Gasteiger partial charge in [-0.3, -0.25) is 4.79 Å². The summed E-state index contributed by atoms with van der Waals surface area (Å²) in [5.41, 5.74) is 0.572. The van der Waals surface area contributed by atoms with Crippen LogP contribution in [0.5, 0.6) is 0 Å². The average molecular weight is 259 g/mol. The maximum absolute atomic E-state index is 11.2. The Morgan fingerprint density at radius 1 is 1.44 bits per heavy atom. The SMILES string of the molecule is C=C(C)C(=O)NCCC[Si](C)(C)O[SiH](C)C. The van der Waals surface area contributed by atoms with Gasteiger partial charge in [0, 0.05) is 12.1 Å². The fourth-order valence-corrected chi connectivity index (χ4v) is 8.17. The molecule has 0 aromatic heterocycles.